The van der Waals surface area contributed by atoms with E-state index in [9.17, 15) is 14.4 Å². The molecule has 1 aliphatic rings. The molecule has 0 aliphatic carbocycles. The summed E-state index contributed by atoms with van der Waals surface area (Å²) in [6.07, 6.45) is 3.44. The zero-order valence-corrected chi connectivity index (χ0v) is 20.5. The van der Waals surface area contributed by atoms with Gasteiger partial charge in [0.15, 0.2) is 5.69 Å². The predicted molar refractivity (Wildman–Crippen MR) is 138 cm³/mol. The monoisotopic (exact) mass is 524 g/mol. The largest absolute Gasteiger partial charge is 0.491 e. The first kappa shape index (κ1) is 25.9. The number of carbonyl (C=O) groups excluding carboxylic acids is 3. The molecule has 12 heteroatoms. The molecule has 1 saturated heterocycles. The van der Waals surface area contributed by atoms with Crippen LogP contribution in [0.15, 0.2) is 54.9 Å². The van der Waals surface area contributed by atoms with Gasteiger partial charge in [-0.25, -0.2) is 9.97 Å². The highest BCUT2D eigenvalue weighted by Gasteiger charge is 2.20. The summed E-state index contributed by atoms with van der Waals surface area (Å²) in [5.41, 5.74) is 1.37. The normalized spacial score (nSPS) is 12.9. The van der Waals surface area contributed by atoms with Crippen LogP contribution in [-0.4, -0.2) is 67.6 Å². The third kappa shape index (κ3) is 6.93. The van der Waals surface area contributed by atoms with Crippen LogP contribution in [0.2, 0.25) is 5.02 Å². The molecule has 3 heterocycles. The van der Waals surface area contributed by atoms with Crippen molar-refractivity contribution >= 4 is 47.0 Å². The SMILES string of the molecule is O=CNCCOc1cc(N2CCOCC2)ccc1C(=O)Nc1cccnc1C(=O)Nc1ccc(Cl)cn1. The fourth-order valence-electron chi connectivity index (χ4n) is 3.62. The number of anilines is 3. The average Bonchev–Trinajstić information content (AvgIpc) is 2.93. The van der Waals surface area contributed by atoms with Gasteiger partial charge in [0, 0.05) is 37.2 Å². The number of pyridine rings is 2. The molecule has 37 heavy (non-hydrogen) atoms. The highest BCUT2D eigenvalue weighted by Crippen LogP contribution is 2.28. The zero-order valence-electron chi connectivity index (χ0n) is 19.8. The van der Waals surface area contributed by atoms with Crippen molar-refractivity contribution in [1.82, 2.24) is 15.3 Å². The van der Waals surface area contributed by atoms with Crippen molar-refractivity contribution in [3.63, 3.8) is 0 Å². The molecule has 11 nitrogen and oxygen atoms in total. The minimum absolute atomic E-state index is 0.00943. The number of halogens is 1. The smallest absolute Gasteiger partial charge is 0.277 e. The van der Waals surface area contributed by atoms with E-state index < -0.39 is 11.8 Å². The number of morpholine rings is 1. The zero-order chi connectivity index (χ0) is 26.0. The lowest BCUT2D eigenvalue weighted by Crippen LogP contribution is -2.36. The van der Waals surface area contributed by atoms with Gasteiger partial charge in [-0.15, -0.1) is 0 Å². The maximum atomic E-state index is 13.3. The van der Waals surface area contributed by atoms with Crippen LogP contribution >= 0.6 is 11.6 Å². The van der Waals surface area contributed by atoms with Gasteiger partial charge in [-0.3, -0.25) is 14.4 Å². The van der Waals surface area contributed by atoms with E-state index in [4.69, 9.17) is 21.1 Å². The summed E-state index contributed by atoms with van der Waals surface area (Å²) in [6.45, 7) is 3.10. The van der Waals surface area contributed by atoms with E-state index in [2.05, 4.69) is 30.8 Å². The Labute approximate surface area is 218 Å². The van der Waals surface area contributed by atoms with E-state index in [1.165, 1.54) is 12.4 Å². The molecule has 4 rings (SSSR count). The van der Waals surface area contributed by atoms with Crippen LogP contribution in [0, 0.1) is 0 Å². The fraction of sp³-hybridized carbons (Fsp3) is 0.240. The standard InChI is InChI=1S/C25H25ClN6O5/c26-17-3-6-22(29-15-17)31-25(35)23-20(2-1-7-28-23)30-24(34)19-5-4-18(32-9-12-36-13-10-32)14-21(19)37-11-8-27-16-33/h1-7,14-16H,8-13H2,(H,27,33)(H,30,34)(H,29,31,35). The van der Waals surface area contributed by atoms with E-state index in [0.29, 0.717) is 43.5 Å². The second-order valence-corrected chi connectivity index (χ2v) is 8.31. The Bertz CT molecular complexity index is 1250. The Balaban J connectivity index is 1.54. The van der Waals surface area contributed by atoms with Crippen LogP contribution in [0.25, 0.3) is 0 Å². The third-order valence-electron chi connectivity index (χ3n) is 5.41. The predicted octanol–water partition coefficient (Wildman–Crippen LogP) is 2.60. The van der Waals surface area contributed by atoms with Crippen molar-refractivity contribution in [3.8, 4) is 5.75 Å². The Kier molecular flexibility index (Phi) is 8.84. The summed E-state index contributed by atoms with van der Waals surface area (Å²) in [5.74, 6) is -0.409. The molecular weight excluding hydrogens is 500 g/mol. The van der Waals surface area contributed by atoms with Gasteiger partial charge in [-0.05, 0) is 36.4 Å². The molecule has 1 aromatic carbocycles. The fourth-order valence-corrected chi connectivity index (χ4v) is 3.73. The van der Waals surface area contributed by atoms with Crippen LogP contribution < -0.4 is 25.6 Å². The Hall–Kier alpha value is -4.22. The van der Waals surface area contributed by atoms with Crippen LogP contribution in [0.5, 0.6) is 5.75 Å². The van der Waals surface area contributed by atoms with Gasteiger partial charge >= 0.3 is 0 Å². The molecular formula is C25H25ClN6O5. The van der Waals surface area contributed by atoms with Crippen LogP contribution in [-0.2, 0) is 9.53 Å². The van der Waals surface area contributed by atoms with E-state index in [-0.39, 0.29) is 35.9 Å². The van der Waals surface area contributed by atoms with Crippen molar-refractivity contribution in [2.24, 2.45) is 0 Å². The molecule has 192 valence electrons. The number of nitrogens with one attached hydrogen (secondary N) is 3. The maximum Gasteiger partial charge on any atom is 0.277 e. The van der Waals surface area contributed by atoms with Crippen molar-refractivity contribution in [2.75, 3.05) is 55.0 Å². The van der Waals surface area contributed by atoms with Crippen LogP contribution in [0.3, 0.4) is 0 Å². The summed E-state index contributed by atoms with van der Waals surface area (Å²) in [7, 11) is 0. The first-order valence-electron chi connectivity index (χ1n) is 11.5. The average molecular weight is 525 g/mol. The maximum absolute atomic E-state index is 13.3. The molecule has 0 atom stereocenters. The van der Waals surface area contributed by atoms with Gasteiger partial charge < -0.3 is 30.3 Å². The molecule has 0 spiro atoms. The number of carbonyl (C=O) groups is 3. The van der Waals surface area contributed by atoms with Crippen LogP contribution in [0.1, 0.15) is 20.8 Å². The molecule has 0 bridgehead atoms. The van der Waals surface area contributed by atoms with E-state index in [1.54, 1.807) is 36.4 Å². The number of ether oxygens (including phenoxy) is 2. The second kappa shape index (κ2) is 12.7. The number of amides is 3. The van der Waals surface area contributed by atoms with E-state index in [0.717, 1.165) is 5.69 Å². The van der Waals surface area contributed by atoms with Crippen molar-refractivity contribution < 1.29 is 23.9 Å². The molecule has 0 radical (unpaired) electrons. The highest BCUT2D eigenvalue weighted by molar-refractivity contribution is 6.30. The molecule has 3 amide bonds. The van der Waals surface area contributed by atoms with E-state index in [1.807, 2.05) is 6.07 Å². The topological polar surface area (TPSA) is 135 Å². The molecule has 2 aromatic heterocycles. The summed E-state index contributed by atoms with van der Waals surface area (Å²) in [5, 5.41) is 8.35. The Morgan fingerprint density at radius 2 is 1.92 bits per heavy atom. The van der Waals surface area contributed by atoms with Crippen molar-refractivity contribution in [1.29, 1.82) is 0 Å². The summed E-state index contributed by atoms with van der Waals surface area (Å²) in [6, 6.07) is 11.6. The lowest BCUT2D eigenvalue weighted by Gasteiger charge is -2.29. The summed E-state index contributed by atoms with van der Waals surface area (Å²) < 4.78 is 11.3. The lowest BCUT2D eigenvalue weighted by atomic mass is 10.1. The molecule has 1 fully saturated rings. The molecule has 0 unspecified atom stereocenters. The van der Waals surface area contributed by atoms with Gasteiger partial charge in [-0.2, -0.15) is 0 Å². The van der Waals surface area contributed by atoms with Gasteiger partial charge in [0.05, 0.1) is 36.0 Å². The molecule has 3 N–H and O–H groups in total. The first-order valence-corrected chi connectivity index (χ1v) is 11.9. The number of aromatic nitrogens is 2. The van der Waals surface area contributed by atoms with E-state index >= 15 is 0 Å². The van der Waals surface area contributed by atoms with Gasteiger partial charge in [0.25, 0.3) is 11.8 Å². The molecule has 3 aromatic rings. The van der Waals surface area contributed by atoms with Gasteiger partial charge in [0.2, 0.25) is 6.41 Å². The third-order valence-corrected chi connectivity index (χ3v) is 5.64. The first-order chi connectivity index (χ1) is 18.0. The molecule has 0 saturated carbocycles. The minimum atomic E-state index is -0.551. The number of rotatable bonds is 10. The number of hydrogen-bond acceptors (Lipinski definition) is 8. The number of benzene rings is 1. The number of hydrogen-bond donors (Lipinski definition) is 3. The minimum Gasteiger partial charge on any atom is -0.491 e. The number of nitrogens with zero attached hydrogens (tertiary/aromatic N) is 3. The second-order valence-electron chi connectivity index (χ2n) is 7.87. The van der Waals surface area contributed by atoms with Gasteiger partial charge in [0.1, 0.15) is 18.2 Å². The van der Waals surface area contributed by atoms with Crippen molar-refractivity contribution in [3.05, 3.63) is 71.1 Å². The Morgan fingerprint density at radius 3 is 2.68 bits per heavy atom. The highest BCUT2D eigenvalue weighted by atomic mass is 35.5. The lowest BCUT2D eigenvalue weighted by molar-refractivity contribution is -0.109. The quantitative estimate of drug-likeness (QED) is 0.272. The molecule has 1 aliphatic heterocycles. The summed E-state index contributed by atoms with van der Waals surface area (Å²) in [4.78, 5) is 47.0. The summed E-state index contributed by atoms with van der Waals surface area (Å²) >= 11 is 5.85. The van der Waals surface area contributed by atoms with Crippen LogP contribution in [0.4, 0.5) is 17.2 Å². The Morgan fingerprint density at radius 1 is 1.08 bits per heavy atom. The van der Waals surface area contributed by atoms with Gasteiger partial charge in [-0.1, -0.05) is 11.6 Å². The van der Waals surface area contributed by atoms with Crippen molar-refractivity contribution in [2.45, 2.75) is 0 Å².